The van der Waals surface area contributed by atoms with E-state index in [9.17, 15) is 18.0 Å². The number of rotatable bonds is 5. The summed E-state index contributed by atoms with van der Waals surface area (Å²) in [6.07, 6.45) is 3.61. The molecule has 2 aromatic carbocycles. The van der Waals surface area contributed by atoms with Gasteiger partial charge in [-0.15, -0.1) is 0 Å². The van der Waals surface area contributed by atoms with E-state index in [-0.39, 0.29) is 23.1 Å². The Morgan fingerprint density at radius 3 is 2.62 bits per heavy atom. The maximum Gasteiger partial charge on any atom is 0.340 e. The molecule has 1 unspecified atom stereocenters. The van der Waals surface area contributed by atoms with Crippen molar-refractivity contribution in [3.63, 3.8) is 0 Å². The topological polar surface area (TPSA) is 112 Å². The van der Waals surface area contributed by atoms with Gasteiger partial charge < -0.3 is 10.5 Å². The van der Waals surface area contributed by atoms with Crippen molar-refractivity contribution >= 4 is 26.8 Å². The van der Waals surface area contributed by atoms with E-state index in [1.54, 1.807) is 24.3 Å². The Morgan fingerprint density at radius 1 is 1.15 bits per heavy atom. The zero-order valence-electron chi connectivity index (χ0n) is 19.2. The molecule has 0 radical (unpaired) electrons. The molecule has 1 aliphatic heterocycles. The van der Waals surface area contributed by atoms with Crippen LogP contribution in [0.5, 0.6) is 0 Å². The van der Waals surface area contributed by atoms with Crippen molar-refractivity contribution in [1.29, 1.82) is 0 Å². The Labute approximate surface area is 198 Å². The first-order chi connectivity index (χ1) is 16.1. The Hall–Kier alpha value is -3.01. The second-order valence-electron chi connectivity index (χ2n) is 9.26. The van der Waals surface area contributed by atoms with Crippen LogP contribution in [-0.2, 0) is 21.5 Å². The number of pyridine rings is 1. The highest BCUT2D eigenvalue weighted by Gasteiger charge is 2.60. The van der Waals surface area contributed by atoms with Crippen LogP contribution in [0.1, 0.15) is 40.7 Å². The van der Waals surface area contributed by atoms with Crippen LogP contribution in [0.25, 0.3) is 10.8 Å². The van der Waals surface area contributed by atoms with Gasteiger partial charge in [-0.05, 0) is 62.9 Å². The molecule has 2 N–H and O–H groups in total. The van der Waals surface area contributed by atoms with E-state index in [4.69, 9.17) is 10.5 Å². The summed E-state index contributed by atoms with van der Waals surface area (Å²) in [7, 11) is -3.82. The number of esters is 1. The highest BCUT2D eigenvalue weighted by atomic mass is 32.2. The lowest BCUT2D eigenvalue weighted by Gasteiger charge is -2.26. The fourth-order valence-corrected chi connectivity index (χ4v) is 7.11. The largest absolute Gasteiger partial charge is 0.440 e. The van der Waals surface area contributed by atoms with Gasteiger partial charge in [-0.2, -0.15) is 4.31 Å². The minimum Gasteiger partial charge on any atom is -0.440 e. The van der Waals surface area contributed by atoms with E-state index in [1.807, 2.05) is 26.0 Å². The Balaban J connectivity index is 1.45. The number of carbonyl (C=O) groups is 1. The predicted molar refractivity (Wildman–Crippen MR) is 128 cm³/mol. The van der Waals surface area contributed by atoms with Gasteiger partial charge in [-0.25, -0.2) is 13.2 Å². The quantitative estimate of drug-likeness (QED) is 0.561. The number of aryl methyl sites for hydroxylation is 2. The molecule has 2 heterocycles. The van der Waals surface area contributed by atoms with E-state index in [0.29, 0.717) is 23.9 Å². The van der Waals surface area contributed by atoms with Gasteiger partial charge in [0.15, 0.2) is 6.73 Å². The number of benzene rings is 2. The number of hydrogen-bond donors (Lipinski definition) is 1. The van der Waals surface area contributed by atoms with Crippen LogP contribution in [0.15, 0.2) is 58.4 Å². The highest BCUT2D eigenvalue weighted by molar-refractivity contribution is 7.89. The molecule has 1 saturated heterocycles. The highest BCUT2D eigenvalue weighted by Crippen LogP contribution is 2.51. The number of carbonyl (C=O) groups excluding carboxylic acids is 1. The zero-order chi connectivity index (χ0) is 24.3. The van der Waals surface area contributed by atoms with Gasteiger partial charge in [0, 0.05) is 29.6 Å². The number of nitrogens with two attached hydrogens (primary N) is 1. The lowest BCUT2D eigenvalue weighted by atomic mass is 10.1. The third kappa shape index (κ3) is 3.55. The Kier molecular flexibility index (Phi) is 5.38. The standard InChI is InChI=1S/C25H27N3O5S/c1-16-6-7-18(17(2)14-16)24(30)33-15-27-12-8-19-20(23(27)29)4-3-5-21(19)34(31,32)28-13-9-22(26)25(28)10-11-25/h3-8,12,14,22H,9-11,13,15,26H2,1-2H3. The van der Waals surface area contributed by atoms with Crippen LogP contribution in [0.2, 0.25) is 0 Å². The monoisotopic (exact) mass is 481 g/mol. The molecule has 5 rings (SSSR count). The lowest BCUT2D eigenvalue weighted by molar-refractivity contribution is 0.0366. The van der Waals surface area contributed by atoms with Crippen molar-refractivity contribution in [3.8, 4) is 0 Å². The molecule has 178 valence electrons. The molecule has 9 heteroatoms. The Morgan fingerprint density at radius 2 is 1.91 bits per heavy atom. The average molecular weight is 482 g/mol. The van der Waals surface area contributed by atoms with Gasteiger partial charge in [0.2, 0.25) is 10.0 Å². The van der Waals surface area contributed by atoms with Crippen molar-refractivity contribution in [2.45, 2.75) is 56.3 Å². The van der Waals surface area contributed by atoms with Crippen LogP contribution in [0.3, 0.4) is 0 Å². The predicted octanol–water partition coefficient (Wildman–Crippen LogP) is 2.69. The van der Waals surface area contributed by atoms with E-state index in [2.05, 4.69) is 0 Å². The van der Waals surface area contributed by atoms with Gasteiger partial charge in [0.1, 0.15) is 0 Å². The molecule has 34 heavy (non-hydrogen) atoms. The minimum absolute atomic E-state index is 0.0990. The number of aromatic nitrogens is 1. The van der Waals surface area contributed by atoms with E-state index < -0.39 is 27.1 Å². The van der Waals surface area contributed by atoms with Gasteiger partial charge in [0.05, 0.1) is 16.0 Å². The zero-order valence-corrected chi connectivity index (χ0v) is 20.0. The SMILES string of the molecule is Cc1ccc(C(=O)OCn2ccc3c(S(=O)(=O)N4CCC(N)C45CC5)cccc3c2=O)c(C)c1. The molecule has 1 saturated carbocycles. The smallest absolute Gasteiger partial charge is 0.340 e. The molecule has 1 spiro atoms. The molecule has 3 aromatic rings. The molecule has 1 aromatic heterocycles. The minimum atomic E-state index is -3.82. The number of sulfonamides is 1. The van der Waals surface area contributed by atoms with Gasteiger partial charge in [-0.3, -0.25) is 9.36 Å². The summed E-state index contributed by atoms with van der Waals surface area (Å²) in [6, 6.07) is 11.5. The number of nitrogens with zero attached hydrogens (tertiary/aromatic N) is 2. The van der Waals surface area contributed by atoms with Crippen LogP contribution < -0.4 is 11.3 Å². The van der Waals surface area contributed by atoms with Gasteiger partial charge in [0.25, 0.3) is 5.56 Å². The number of fused-ring (bicyclic) bond motifs is 1. The molecular formula is C25H27N3O5S. The first kappa shape index (κ1) is 22.8. The normalized spacial score (nSPS) is 19.6. The summed E-state index contributed by atoms with van der Waals surface area (Å²) in [5.74, 6) is -0.527. The summed E-state index contributed by atoms with van der Waals surface area (Å²) in [5.41, 5.74) is 7.56. The molecular weight excluding hydrogens is 454 g/mol. The molecule has 1 aliphatic carbocycles. The maximum absolute atomic E-state index is 13.6. The summed E-state index contributed by atoms with van der Waals surface area (Å²) in [6.45, 7) is 3.87. The first-order valence-electron chi connectivity index (χ1n) is 11.3. The van der Waals surface area contributed by atoms with E-state index in [0.717, 1.165) is 24.0 Å². The fourth-order valence-electron chi connectivity index (χ4n) is 5.02. The third-order valence-corrected chi connectivity index (χ3v) is 9.11. The van der Waals surface area contributed by atoms with Crippen molar-refractivity contribution in [2.75, 3.05) is 6.54 Å². The molecule has 8 nitrogen and oxygen atoms in total. The van der Waals surface area contributed by atoms with Crippen LogP contribution in [-0.4, -0.2) is 41.4 Å². The van der Waals surface area contributed by atoms with Gasteiger partial charge >= 0.3 is 5.97 Å². The van der Waals surface area contributed by atoms with Gasteiger partial charge in [-0.1, -0.05) is 23.8 Å². The third-order valence-electron chi connectivity index (χ3n) is 7.08. The first-order valence-corrected chi connectivity index (χ1v) is 12.7. The second-order valence-corrected chi connectivity index (χ2v) is 11.1. The number of ether oxygens (including phenoxy) is 1. The van der Waals surface area contributed by atoms with Crippen molar-refractivity contribution < 1.29 is 17.9 Å². The van der Waals surface area contributed by atoms with Crippen molar-refractivity contribution in [3.05, 3.63) is 75.7 Å². The molecule has 2 aliphatic rings. The van der Waals surface area contributed by atoms with Crippen LogP contribution in [0, 0.1) is 13.8 Å². The molecule has 2 fully saturated rings. The molecule has 0 amide bonds. The van der Waals surface area contributed by atoms with Crippen LogP contribution in [0.4, 0.5) is 0 Å². The molecule has 1 atom stereocenters. The molecule has 0 bridgehead atoms. The summed E-state index contributed by atoms with van der Waals surface area (Å²) < 4.78 is 35.3. The van der Waals surface area contributed by atoms with Crippen molar-refractivity contribution in [1.82, 2.24) is 8.87 Å². The maximum atomic E-state index is 13.6. The number of hydrogen-bond acceptors (Lipinski definition) is 6. The Bertz CT molecular complexity index is 1470. The summed E-state index contributed by atoms with van der Waals surface area (Å²) >= 11 is 0. The van der Waals surface area contributed by atoms with Crippen molar-refractivity contribution in [2.24, 2.45) is 5.73 Å². The average Bonchev–Trinajstić information content (AvgIpc) is 3.52. The fraction of sp³-hybridized carbons (Fsp3) is 0.360. The van der Waals surface area contributed by atoms with E-state index in [1.165, 1.54) is 21.1 Å². The van der Waals surface area contributed by atoms with E-state index >= 15 is 0 Å². The van der Waals surface area contributed by atoms with Crippen LogP contribution >= 0.6 is 0 Å². The summed E-state index contributed by atoms with van der Waals surface area (Å²) in [4.78, 5) is 25.7. The summed E-state index contributed by atoms with van der Waals surface area (Å²) in [5, 5.41) is 0.597. The second kappa shape index (κ2) is 8.04. The lowest BCUT2D eigenvalue weighted by Crippen LogP contribution is -2.44.